The summed E-state index contributed by atoms with van der Waals surface area (Å²) in [6.45, 7) is 3.88. The molecule has 0 radical (unpaired) electrons. The van der Waals surface area contributed by atoms with E-state index in [4.69, 9.17) is 0 Å². The molecule has 0 fully saturated rings. The van der Waals surface area contributed by atoms with Gasteiger partial charge < -0.3 is 5.11 Å². The number of ketones is 1. The van der Waals surface area contributed by atoms with Crippen LogP contribution in [0.25, 0.3) is 0 Å². The van der Waals surface area contributed by atoms with Crippen molar-refractivity contribution in [1.82, 2.24) is 9.78 Å². The Labute approximate surface area is 116 Å². The van der Waals surface area contributed by atoms with E-state index in [1.807, 2.05) is 13.8 Å². The minimum absolute atomic E-state index is 0.0845. The van der Waals surface area contributed by atoms with Crippen LogP contribution in [0.5, 0.6) is 5.75 Å². The highest BCUT2D eigenvalue weighted by atomic mass is 16.3. The van der Waals surface area contributed by atoms with Gasteiger partial charge in [0.25, 0.3) is 0 Å². The molecule has 0 aliphatic carbocycles. The zero-order valence-corrected chi connectivity index (χ0v) is 11.4. The number of hydrogen-bond acceptors (Lipinski definition) is 4. The Hall–Kier alpha value is -2.43. The second kappa shape index (κ2) is 5.69. The number of benzene rings is 1. The smallest absolute Gasteiger partial charge is 0.247 e. The number of para-hydroxylation sites is 1. The molecule has 20 heavy (non-hydrogen) atoms. The first-order valence-corrected chi connectivity index (χ1v) is 6.39. The van der Waals surface area contributed by atoms with E-state index in [1.165, 1.54) is 29.2 Å². The summed E-state index contributed by atoms with van der Waals surface area (Å²) in [7, 11) is 0. The molecule has 1 N–H and O–H groups in total. The van der Waals surface area contributed by atoms with Gasteiger partial charge in [0.05, 0.1) is 17.3 Å². The number of phenols is 1. The molecular formula is C15H16N2O3. The number of rotatable bonds is 4. The average molecular weight is 272 g/mol. The van der Waals surface area contributed by atoms with Crippen LogP contribution in [-0.2, 0) is 0 Å². The topological polar surface area (TPSA) is 72.2 Å². The van der Waals surface area contributed by atoms with Gasteiger partial charge >= 0.3 is 0 Å². The van der Waals surface area contributed by atoms with Crippen LogP contribution in [-0.4, -0.2) is 26.6 Å². The Morgan fingerprint density at radius 2 is 2.00 bits per heavy atom. The lowest BCUT2D eigenvalue weighted by atomic mass is 10.1. The van der Waals surface area contributed by atoms with E-state index in [9.17, 15) is 14.7 Å². The lowest BCUT2D eigenvalue weighted by molar-refractivity contribution is 0.0870. The number of phenolic OH excluding ortho intramolecular Hbond substituents is 1. The summed E-state index contributed by atoms with van der Waals surface area (Å²) >= 11 is 0. The first kappa shape index (κ1) is 14.0. The molecule has 2 rings (SSSR count). The van der Waals surface area contributed by atoms with Crippen LogP contribution in [0.4, 0.5) is 0 Å². The Balaban J connectivity index is 2.23. The summed E-state index contributed by atoms with van der Waals surface area (Å²) in [6.07, 6.45) is 3.11. The monoisotopic (exact) mass is 272 g/mol. The molecule has 0 saturated heterocycles. The molecule has 0 aliphatic rings. The van der Waals surface area contributed by atoms with Gasteiger partial charge in [-0.1, -0.05) is 26.0 Å². The van der Waals surface area contributed by atoms with Gasteiger partial charge in [-0.25, -0.2) is 4.68 Å². The molecule has 0 amide bonds. The van der Waals surface area contributed by atoms with Crippen LogP contribution in [0.15, 0.2) is 36.7 Å². The van der Waals surface area contributed by atoms with Crippen LogP contribution < -0.4 is 0 Å². The van der Waals surface area contributed by atoms with E-state index in [0.717, 1.165) is 0 Å². The minimum Gasteiger partial charge on any atom is -0.507 e. The van der Waals surface area contributed by atoms with Crippen molar-refractivity contribution in [3.63, 3.8) is 0 Å². The zero-order valence-electron chi connectivity index (χ0n) is 11.4. The zero-order chi connectivity index (χ0) is 14.7. The average Bonchev–Trinajstić information content (AvgIpc) is 2.87. The van der Waals surface area contributed by atoms with Crippen LogP contribution in [0.3, 0.4) is 0 Å². The molecular weight excluding hydrogens is 256 g/mol. The fourth-order valence-corrected chi connectivity index (χ4v) is 1.84. The number of nitrogens with zero attached hydrogens (tertiary/aromatic N) is 2. The van der Waals surface area contributed by atoms with Crippen LogP contribution in [0.2, 0.25) is 0 Å². The van der Waals surface area contributed by atoms with Crippen molar-refractivity contribution in [3.8, 4) is 5.75 Å². The standard InChI is InChI=1S/C15H16N2O3/c1-10(2)7-14(19)17-9-11(8-16-17)15(20)12-5-3-4-6-13(12)18/h3-6,8-10,18H,7H2,1-2H3. The predicted octanol–water partition coefficient (Wildman–Crippen LogP) is 2.51. The van der Waals surface area contributed by atoms with Crippen molar-refractivity contribution in [3.05, 3.63) is 47.8 Å². The molecule has 0 atom stereocenters. The van der Waals surface area contributed by atoms with Gasteiger partial charge in [0.15, 0.2) is 5.78 Å². The van der Waals surface area contributed by atoms with Crippen molar-refractivity contribution in [2.75, 3.05) is 0 Å². The molecule has 0 spiro atoms. The van der Waals surface area contributed by atoms with Gasteiger partial charge in [-0.2, -0.15) is 5.10 Å². The summed E-state index contributed by atoms with van der Waals surface area (Å²) in [5.41, 5.74) is 0.479. The summed E-state index contributed by atoms with van der Waals surface area (Å²) in [5.74, 6) is -0.370. The number of carbonyl (C=O) groups excluding carboxylic acids is 2. The first-order chi connectivity index (χ1) is 9.49. The quantitative estimate of drug-likeness (QED) is 0.868. The molecule has 1 heterocycles. The number of carbonyl (C=O) groups is 2. The summed E-state index contributed by atoms with van der Waals surface area (Å²) in [4.78, 5) is 24.0. The molecule has 2 aromatic rings. The van der Waals surface area contributed by atoms with E-state index in [2.05, 4.69) is 5.10 Å². The van der Waals surface area contributed by atoms with E-state index < -0.39 is 0 Å². The third kappa shape index (κ3) is 2.93. The Morgan fingerprint density at radius 3 is 2.65 bits per heavy atom. The van der Waals surface area contributed by atoms with Crippen molar-refractivity contribution in [1.29, 1.82) is 0 Å². The van der Waals surface area contributed by atoms with Gasteiger partial charge in [0, 0.05) is 12.6 Å². The predicted molar refractivity (Wildman–Crippen MR) is 73.8 cm³/mol. The maximum Gasteiger partial charge on any atom is 0.247 e. The van der Waals surface area contributed by atoms with Gasteiger partial charge in [-0.15, -0.1) is 0 Å². The van der Waals surface area contributed by atoms with Crippen molar-refractivity contribution in [2.24, 2.45) is 5.92 Å². The SMILES string of the molecule is CC(C)CC(=O)n1cc(C(=O)c2ccccc2O)cn1. The van der Waals surface area contributed by atoms with E-state index in [0.29, 0.717) is 6.42 Å². The summed E-state index contributed by atoms with van der Waals surface area (Å²) in [6, 6.07) is 6.29. The van der Waals surface area contributed by atoms with Crippen molar-refractivity contribution >= 4 is 11.7 Å². The molecule has 5 heteroatoms. The summed E-state index contributed by atoms with van der Waals surface area (Å²) < 4.78 is 1.17. The number of hydrogen-bond donors (Lipinski definition) is 1. The van der Waals surface area contributed by atoms with Gasteiger partial charge in [0.1, 0.15) is 5.75 Å². The van der Waals surface area contributed by atoms with Gasteiger partial charge in [0.2, 0.25) is 5.91 Å². The largest absolute Gasteiger partial charge is 0.507 e. The fraction of sp³-hybridized carbons (Fsp3) is 0.267. The number of aromatic hydroxyl groups is 1. The van der Waals surface area contributed by atoms with Gasteiger partial charge in [-0.05, 0) is 18.1 Å². The highest BCUT2D eigenvalue weighted by Gasteiger charge is 2.17. The van der Waals surface area contributed by atoms with Crippen LogP contribution >= 0.6 is 0 Å². The maximum absolute atomic E-state index is 12.2. The molecule has 1 aromatic carbocycles. The Bertz CT molecular complexity index is 644. The molecule has 0 saturated carbocycles. The molecule has 0 unspecified atom stereocenters. The maximum atomic E-state index is 12.2. The second-order valence-electron chi connectivity index (χ2n) is 5.01. The van der Waals surface area contributed by atoms with Crippen molar-refractivity contribution < 1.29 is 14.7 Å². The number of aromatic nitrogens is 2. The third-order valence-electron chi connectivity index (χ3n) is 2.83. The first-order valence-electron chi connectivity index (χ1n) is 6.39. The Kier molecular flexibility index (Phi) is 3.98. The molecule has 0 bridgehead atoms. The fourth-order valence-electron chi connectivity index (χ4n) is 1.84. The minimum atomic E-state index is -0.355. The second-order valence-corrected chi connectivity index (χ2v) is 5.01. The van der Waals surface area contributed by atoms with Crippen LogP contribution in [0, 0.1) is 5.92 Å². The van der Waals surface area contributed by atoms with E-state index in [1.54, 1.807) is 12.1 Å². The van der Waals surface area contributed by atoms with E-state index >= 15 is 0 Å². The van der Waals surface area contributed by atoms with Crippen molar-refractivity contribution in [2.45, 2.75) is 20.3 Å². The van der Waals surface area contributed by atoms with Gasteiger partial charge in [-0.3, -0.25) is 9.59 Å². The lowest BCUT2D eigenvalue weighted by Gasteiger charge is -2.03. The van der Waals surface area contributed by atoms with E-state index in [-0.39, 0.29) is 34.5 Å². The third-order valence-corrected chi connectivity index (χ3v) is 2.83. The molecule has 104 valence electrons. The highest BCUT2D eigenvalue weighted by Crippen LogP contribution is 2.19. The lowest BCUT2D eigenvalue weighted by Crippen LogP contribution is -2.13. The molecule has 5 nitrogen and oxygen atoms in total. The van der Waals surface area contributed by atoms with Crippen LogP contribution in [0.1, 0.15) is 41.0 Å². The normalized spacial score (nSPS) is 10.8. The Morgan fingerprint density at radius 1 is 1.30 bits per heavy atom. The molecule has 1 aromatic heterocycles. The molecule has 0 aliphatic heterocycles. The highest BCUT2D eigenvalue weighted by molar-refractivity contribution is 6.10. The summed E-state index contributed by atoms with van der Waals surface area (Å²) in [5, 5.41) is 13.6.